The summed E-state index contributed by atoms with van der Waals surface area (Å²) >= 11 is 0. The minimum absolute atomic E-state index is 0.287. The van der Waals surface area contributed by atoms with E-state index in [9.17, 15) is 5.11 Å². The predicted molar refractivity (Wildman–Crippen MR) is 64.8 cm³/mol. The number of benzene rings is 1. The van der Waals surface area contributed by atoms with Crippen molar-refractivity contribution in [2.24, 2.45) is 0 Å². The molecule has 0 heterocycles. The van der Waals surface area contributed by atoms with Gasteiger partial charge in [0.25, 0.3) is 0 Å². The molecule has 0 radical (unpaired) electrons. The van der Waals surface area contributed by atoms with E-state index in [4.69, 9.17) is 0 Å². The predicted octanol–water partition coefficient (Wildman–Crippen LogP) is 3.34. The summed E-state index contributed by atoms with van der Waals surface area (Å²) in [6.07, 6.45) is 4.55. The van der Waals surface area contributed by atoms with Crippen molar-refractivity contribution < 1.29 is 5.11 Å². The Kier molecular flexibility index (Phi) is 5.13. The van der Waals surface area contributed by atoms with Gasteiger partial charge in [-0.3, -0.25) is 0 Å². The van der Waals surface area contributed by atoms with Gasteiger partial charge in [-0.05, 0) is 37.3 Å². The van der Waals surface area contributed by atoms with Crippen molar-refractivity contribution in [3.8, 4) is 0 Å². The molecule has 1 nitrogen and oxygen atoms in total. The molecule has 1 aromatic carbocycles. The zero-order chi connectivity index (χ0) is 11.1. The van der Waals surface area contributed by atoms with E-state index in [1.807, 2.05) is 25.1 Å². The fourth-order valence-corrected chi connectivity index (χ4v) is 1.63. The number of aliphatic hydroxyl groups excluding tert-OH is 1. The van der Waals surface area contributed by atoms with Crippen molar-refractivity contribution in [3.63, 3.8) is 0 Å². The average Bonchev–Trinajstić information content (AvgIpc) is 2.27. The first kappa shape index (κ1) is 12.0. The highest BCUT2D eigenvalue weighted by Crippen LogP contribution is 2.11. The zero-order valence-corrected chi connectivity index (χ0v) is 9.61. The van der Waals surface area contributed by atoms with Gasteiger partial charge < -0.3 is 5.11 Å². The highest BCUT2D eigenvalue weighted by atomic mass is 16.3. The number of hydrogen-bond acceptors (Lipinski definition) is 1. The summed E-state index contributed by atoms with van der Waals surface area (Å²) in [6.45, 7) is 4.09. The van der Waals surface area contributed by atoms with Crippen LogP contribution >= 0.6 is 0 Å². The lowest BCUT2D eigenvalue weighted by Gasteiger charge is -2.11. The van der Waals surface area contributed by atoms with Gasteiger partial charge in [-0.2, -0.15) is 0 Å². The third-order valence-electron chi connectivity index (χ3n) is 2.60. The maximum atomic E-state index is 9.84. The van der Waals surface area contributed by atoms with Gasteiger partial charge in [-0.1, -0.05) is 43.3 Å². The van der Waals surface area contributed by atoms with Gasteiger partial charge >= 0.3 is 0 Å². The van der Waals surface area contributed by atoms with Crippen LogP contribution in [0.3, 0.4) is 0 Å². The monoisotopic (exact) mass is 204 g/mol. The summed E-state index contributed by atoms with van der Waals surface area (Å²) in [5, 5.41) is 9.84. The van der Waals surface area contributed by atoms with Crippen LogP contribution in [-0.2, 0) is 6.42 Å². The lowest BCUT2D eigenvalue weighted by molar-refractivity contribution is 0.200. The Bertz CT molecular complexity index is 300. The molecule has 0 amide bonds. The first-order chi connectivity index (χ1) is 7.24. The molecule has 0 aliphatic rings. The van der Waals surface area contributed by atoms with E-state index in [1.165, 1.54) is 5.56 Å². The molecule has 0 aliphatic heterocycles. The molecule has 0 saturated carbocycles. The van der Waals surface area contributed by atoms with Crippen LogP contribution in [0.25, 0.3) is 0 Å². The second kappa shape index (κ2) is 6.41. The molecule has 1 heteroatoms. The molecule has 1 rings (SSSR count). The molecule has 1 N–H and O–H groups in total. The summed E-state index contributed by atoms with van der Waals surface area (Å²) in [7, 11) is 0. The Morgan fingerprint density at radius 2 is 2.00 bits per heavy atom. The topological polar surface area (TPSA) is 20.2 Å². The normalized spacial score (nSPS) is 13.9. The van der Waals surface area contributed by atoms with Crippen LogP contribution in [0.15, 0.2) is 42.0 Å². The second-order valence-corrected chi connectivity index (χ2v) is 3.90. The highest BCUT2D eigenvalue weighted by Gasteiger charge is 2.05. The lowest BCUT2D eigenvalue weighted by Crippen LogP contribution is -2.09. The lowest BCUT2D eigenvalue weighted by atomic mass is 10.0. The van der Waals surface area contributed by atoms with Crippen LogP contribution in [0, 0.1) is 0 Å². The SMILES string of the molecule is CC/C=C(\C)C(O)CCc1ccccc1. The van der Waals surface area contributed by atoms with Crippen molar-refractivity contribution in [1.82, 2.24) is 0 Å². The average molecular weight is 204 g/mol. The van der Waals surface area contributed by atoms with Crippen LogP contribution in [0.5, 0.6) is 0 Å². The van der Waals surface area contributed by atoms with Gasteiger partial charge in [0.1, 0.15) is 0 Å². The maximum Gasteiger partial charge on any atom is 0.0750 e. The molecule has 0 bridgehead atoms. The van der Waals surface area contributed by atoms with Crippen molar-refractivity contribution in [1.29, 1.82) is 0 Å². The number of hydrogen-bond donors (Lipinski definition) is 1. The Labute approximate surface area is 92.5 Å². The van der Waals surface area contributed by atoms with Crippen LogP contribution in [0.2, 0.25) is 0 Å². The standard InChI is InChI=1S/C14H20O/c1-3-7-12(2)14(15)11-10-13-8-5-4-6-9-13/h4-9,14-15H,3,10-11H2,1-2H3/b12-7+. The zero-order valence-electron chi connectivity index (χ0n) is 9.61. The molecule has 1 aromatic rings. The Morgan fingerprint density at radius 1 is 1.33 bits per heavy atom. The van der Waals surface area contributed by atoms with Crippen LogP contribution < -0.4 is 0 Å². The first-order valence-electron chi connectivity index (χ1n) is 5.62. The second-order valence-electron chi connectivity index (χ2n) is 3.90. The summed E-state index contributed by atoms with van der Waals surface area (Å²) in [6, 6.07) is 10.3. The summed E-state index contributed by atoms with van der Waals surface area (Å²) < 4.78 is 0. The molecule has 0 spiro atoms. The van der Waals surface area contributed by atoms with E-state index in [0.717, 1.165) is 24.8 Å². The molecule has 0 aromatic heterocycles. The number of allylic oxidation sites excluding steroid dienone is 1. The molecule has 82 valence electrons. The molecule has 0 fully saturated rings. The largest absolute Gasteiger partial charge is 0.389 e. The fraction of sp³-hybridized carbons (Fsp3) is 0.429. The van der Waals surface area contributed by atoms with E-state index in [-0.39, 0.29) is 6.10 Å². The smallest absolute Gasteiger partial charge is 0.0750 e. The van der Waals surface area contributed by atoms with Crippen molar-refractivity contribution in [2.45, 2.75) is 39.2 Å². The van der Waals surface area contributed by atoms with Gasteiger partial charge in [0.2, 0.25) is 0 Å². The summed E-state index contributed by atoms with van der Waals surface area (Å²) in [5.74, 6) is 0. The van der Waals surface area contributed by atoms with Gasteiger partial charge in [-0.25, -0.2) is 0 Å². The van der Waals surface area contributed by atoms with E-state index >= 15 is 0 Å². The van der Waals surface area contributed by atoms with Gasteiger partial charge in [0.05, 0.1) is 6.10 Å². The minimum atomic E-state index is -0.287. The van der Waals surface area contributed by atoms with Crippen molar-refractivity contribution >= 4 is 0 Å². The maximum absolute atomic E-state index is 9.84. The first-order valence-corrected chi connectivity index (χ1v) is 5.62. The Morgan fingerprint density at radius 3 is 2.60 bits per heavy atom. The molecule has 1 unspecified atom stereocenters. The number of aryl methyl sites for hydroxylation is 1. The highest BCUT2D eigenvalue weighted by molar-refractivity contribution is 5.15. The van der Waals surface area contributed by atoms with Gasteiger partial charge in [0.15, 0.2) is 0 Å². The van der Waals surface area contributed by atoms with Crippen molar-refractivity contribution in [3.05, 3.63) is 47.5 Å². The van der Waals surface area contributed by atoms with E-state index in [2.05, 4.69) is 25.1 Å². The fourth-order valence-electron chi connectivity index (χ4n) is 1.63. The molecular formula is C14H20O. The number of rotatable bonds is 5. The Hall–Kier alpha value is -1.08. The molecule has 0 aliphatic carbocycles. The molecule has 0 saturated heterocycles. The Balaban J connectivity index is 2.41. The third-order valence-corrected chi connectivity index (χ3v) is 2.60. The molecule has 15 heavy (non-hydrogen) atoms. The van der Waals surface area contributed by atoms with Crippen molar-refractivity contribution in [2.75, 3.05) is 0 Å². The van der Waals surface area contributed by atoms with E-state index in [0.29, 0.717) is 0 Å². The van der Waals surface area contributed by atoms with Gasteiger partial charge in [0, 0.05) is 0 Å². The quantitative estimate of drug-likeness (QED) is 0.729. The van der Waals surface area contributed by atoms with Gasteiger partial charge in [-0.15, -0.1) is 0 Å². The van der Waals surface area contributed by atoms with Crippen LogP contribution in [0.1, 0.15) is 32.3 Å². The van der Waals surface area contributed by atoms with Crippen LogP contribution in [-0.4, -0.2) is 11.2 Å². The summed E-state index contributed by atoms with van der Waals surface area (Å²) in [4.78, 5) is 0. The van der Waals surface area contributed by atoms with Crippen LogP contribution in [0.4, 0.5) is 0 Å². The third kappa shape index (κ3) is 4.30. The summed E-state index contributed by atoms with van der Waals surface area (Å²) in [5.41, 5.74) is 2.38. The minimum Gasteiger partial charge on any atom is -0.389 e. The van der Waals surface area contributed by atoms with E-state index in [1.54, 1.807) is 0 Å². The molecule has 1 atom stereocenters. The molecular weight excluding hydrogens is 184 g/mol. The van der Waals surface area contributed by atoms with E-state index < -0.39 is 0 Å². The number of aliphatic hydroxyl groups is 1.